The van der Waals surface area contributed by atoms with Crippen molar-refractivity contribution in [2.45, 2.75) is 52.5 Å². The highest BCUT2D eigenvalue weighted by atomic mass is 35.5. The molecule has 0 saturated heterocycles. The molecule has 3 heteroatoms. The monoisotopic (exact) mass is 219 g/mol. The summed E-state index contributed by atoms with van der Waals surface area (Å²) in [6.45, 7) is 6.96. The average molecular weight is 220 g/mol. The molecule has 0 saturated carbocycles. The molecule has 14 heavy (non-hydrogen) atoms. The van der Waals surface area contributed by atoms with Gasteiger partial charge in [-0.05, 0) is 19.3 Å². The van der Waals surface area contributed by atoms with Crippen molar-refractivity contribution in [3.05, 3.63) is 0 Å². The average Bonchev–Trinajstić information content (AvgIpc) is 2.18. The largest absolute Gasteiger partial charge is 0.339 e. The number of halogens is 1. The number of carbonyl (C=O) groups excluding carboxylic acids is 1. The second-order valence-corrected chi connectivity index (χ2v) is 3.87. The first-order valence-electron chi connectivity index (χ1n) is 5.56. The molecule has 0 aliphatic carbocycles. The zero-order valence-electron chi connectivity index (χ0n) is 9.55. The van der Waals surface area contributed by atoms with Crippen LogP contribution in [0.4, 0.5) is 0 Å². The molecular weight excluding hydrogens is 198 g/mol. The van der Waals surface area contributed by atoms with Crippen LogP contribution in [-0.2, 0) is 4.79 Å². The van der Waals surface area contributed by atoms with Gasteiger partial charge in [-0.3, -0.25) is 4.79 Å². The summed E-state index contributed by atoms with van der Waals surface area (Å²) in [6, 6.07) is 0.368. The highest BCUT2D eigenvalue weighted by Gasteiger charge is 2.19. The van der Waals surface area contributed by atoms with E-state index in [-0.39, 0.29) is 5.91 Å². The van der Waals surface area contributed by atoms with Crippen molar-refractivity contribution < 1.29 is 4.79 Å². The van der Waals surface area contributed by atoms with Crippen LogP contribution in [0.5, 0.6) is 0 Å². The molecule has 1 amide bonds. The van der Waals surface area contributed by atoms with Crippen molar-refractivity contribution in [1.29, 1.82) is 0 Å². The Bertz CT molecular complexity index is 157. The van der Waals surface area contributed by atoms with Gasteiger partial charge < -0.3 is 4.90 Å². The van der Waals surface area contributed by atoms with Gasteiger partial charge in [0.15, 0.2) is 0 Å². The maximum Gasteiger partial charge on any atom is 0.222 e. The van der Waals surface area contributed by atoms with E-state index in [4.69, 9.17) is 11.6 Å². The van der Waals surface area contributed by atoms with Crippen LogP contribution < -0.4 is 0 Å². The molecule has 0 aliphatic rings. The summed E-state index contributed by atoms with van der Waals surface area (Å²) in [5.74, 6) is 0.785. The van der Waals surface area contributed by atoms with Gasteiger partial charge in [0.2, 0.25) is 5.91 Å². The van der Waals surface area contributed by atoms with Crippen molar-refractivity contribution in [3.8, 4) is 0 Å². The second-order valence-electron chi connectivity index (χ2n) is 3.50. The second kappa shape index (κ2) is 8.10. The van der Waals surface area contributed by atoms with Crippen molar-refractivity contribution in [2.75, 3.05) is 12.4 Å². The summed E-state index contributed by atoms with van der Waals surface area (Å²) in [5, 5.41) is 0. The van der Waals surface area contributed by atoms with Crippen LogP contribution in [0.25, 0.3) is 0 Å². The summed E-state index contributed by atoms with van der Waals surface area (Å²) >= 11 is 5.70. The lowest BCUT2D eigenvalue weighted by molar-refractivity contribution is -0.133. The Morgan fingerprint density at radius 1 is 1.29 bits per heavy atom. The van der Waals surface area contributed by atoms with Crippen molar-refractivity contribution in [1.82, 2.24) is 4.90 Å². The van der Waals surface area contributed by atoms with Gasteiger partial charge in [0.05, 0.1) is 0 Å². The van der Waals surface area contributed by atoms with E-state index in [1.54, 1.807) is 0 Å². The Hall–Kier alpha value is -0.240. The zero-order valence-corrected chi connectivity index (χ0v) is 10.3. The maximum absolute atomic E-state index is 11.8. The summed E-state index contributed by atoms with van der Waals surface area (Å²) in [7, 11) is 0. The summed E-state index contributed by atoms with van der Waals surface area (Å²) in [4.78, 5) is 13.7. The molecule has 0 unspecified atom stereocenters. The molecule has 0 radical (unpaired) electrons. The SMILES string of the molecule is CCCC(=O)N(CCCl)C(CC)CC. The van der Waals surface area contributed by atoms with Gasteiger partial charge in [-0.25, -0.2) is 0 Å². The highest BCUT2D eigenvalue weighted by Crippen LogP contribution is 2.11. The number of hydrogen-bond acceptors (Lipinski definition) is 1. The fraction of sp³-hybridized carbons (Fsp3) is 0.909. The normalized spacial score (nSPS) is 10.6. The van der Waals surface area contributed by atoms with E-state index in [2.05, 4.69) is 13.8 Å². The smallest absolute Gasteiger partial charge is 0.222 e. The van der Waals surface area contributed by atoms with E-state index in [9.17, 15) is 4.79 Å². The quantitative estimate of drug-likeness (QED) is 0.603. The first-order chi connectivity index (χ1) is 6.71. The molecule has 0 bridgehead atoms. The maximum atomic E-state index is 11.8. The minimum absolute atomic E-state index is 0.252. The van der Waals surface area contributed by atoms with Crippen LogP contribution in [0.2, 0.25) is 0 Å². The summed E-state index contributed by atoms with van der Waals surface area (Å²) in [5.41, 5.74) is 0. The van der Waals surface area contributed by atoms with E-state index in [0.717, 1.165) is 19.3 Å². The van der Waals surface area contributed by atoms with Crippen molar-refractivity contribution >= 4 is 17.5 Å². The van der Waals surface area contributed by atoms with E-state index in [1.165, 1.54) is 0 Å². The van der Waals surface area contributed by atoms with Crippen LogP contribution in [0.15, 0.2) is 0 Å². The molecule has 0 aliphatic heterocycles. The molecule has 0 heterocycles. The number of carbonyl (C=O) groups is 1. The Morgan fingerprint density at radius 3 is 2.21 bits per heavy atom. The lowest BCUT2D eigenvalue weighted by Gasteiger charge is -2.30. The Labute approximate surface area is 92.6 Å². The molecule has 0 aromatic rings. The molecule has 0 spiro atoms. The van der Waals surface area contributed by atoms with Gasteiger partial charge in [-0.1, -0.05) is 20.8 Å². The summed E-state index contributed by atoms with van der Waals surface area (Å²) in [6.07, 6.45) is 3.59. The van der Waals surface area contributed by atoms with E-state index in [1.807, 2.05) is 11.8 Å². The van der Waals surface area contributed by atoms with Gasteiger partial charge in [0.25, 0.3) is 0 Å². The molecule has 2 nitrogen and oxygen atoms in total. The molecule has 0 N–H and O–H groups in total. The van der Waals surface area contributed by atoms with Crippen molar-refractivity contribution in [3.63, 3.8) is 0 Å². The Balaban J connectivity index is 4.31. The van der Waals surface area contributed by atoms with Crippen LogP contribution >= 0.6 is 11.6 Å². The van der Waals surface area contributed by atoms with Gasteiger partial charge in [-0.2, -0.15) is 0 Å². The third-order valence-corrected chi connectivity index (χ3v) is 2.66. The number of amides is 1. The van der Waals surface area contributed by atoms with Crippen LogP contribution in [-0.4, -0.2) is 29.3 Å². The number of alkyl halides is 1. The lowest BCUT2D eigenvalue weighted by atomic mass is 10.1. The third-order valence-electron chi connectivity index (χ3n) is 2.49. The lowest BCUT2D eigenvalue weighted by Crippen LogP contribution is -2.40. The van der Waals surface area contributed by atoms with Gasteiger partial charge in [0, 0.05) is 24.9 Å². The van der Waals surface area contributed by atoms with Gasteiger partial charge in [-0.15, -0.1) is 11.6 Å². The van der Waals surface area contributed by atoms with Crippen LogP contribution in [0, 0.1) is 0 Å². The van der Waals surface area contributed by atoms with Crippen molar-refractivity contribution in [2.24, 2.45) is 0 Å². The minimum atomic E-state index is 0.252. The predicted molar refractivity (Wildman–Crippen MR) is 61.7 cm³/mol. The minimum Gasteiger partial charge on any atom is -0.339 e. The highest BCUT2D eigenvalue weighted by molar-refractivity contribution is 6.18. The fourth-order valence-corrected chi connectivity index (χ4v) is 1.87. The van der Waals surface area contributed by atoms with Crippen LogP contribution in [0.1, 0.15) is 46.5 Å². The molecule has 84 valence electrons. The summed E-state index contributed by atoms with van der Waals surface area (Å²) < 4.78 is 0. The fourth-order valence-electron chi connectivity index (χ4n) is 1.69. The van der Waals surface area contributed by atoms with E-state index in [0.29, 0.717) is 24.9 Å². The number of rotatable bonds is 7. The third kappa shape index (κ3) is 4.32. The molecule has 0 aromatic heterocycles. The molecule has 0 aromatic carbocycles. The standard InChI is InChI=1S/C11H22ClNO/c1-4-7-11(14)13(9-8-12)10(5-2)6-3/h10H,4-9H2,1-3H3. The predicted octanol–water partition coefficient (Wildman–Crippen LogP) is 3.04. The number of nitrogens with zero attached hydrogens (tertiary/aromatic N) is 1. The van der Waals surface area contributed by atoms with Gasteiger partial charge in [0.1, 0.15) is 0 Å². The van der Waals surface area contributed by atoms with Gasteiger partial charge >= 0.3 is 0 Å². The Kier molecular flexibility index (Phi) is 7.96. The molecule has 0 fully saturated rings. The van der Waals surface area contributed by atoms with E-state index < -0.39 is 0 Å². The zero-order chi connectivity index (χ0) is 11.0. The Morgan fingerprint density at radius 2 is 1.86 bits per heavy atom. The molecule has 0 atom stereocenters. The topological polar surface area (TPSA) is 20.3 Å². The van der Waals surface area contributed by atoms with Crippen LogP contribution in [0.3, 0.4) is 0 Å². The molecular formula is C11H22ClNO. The number of hydrogen-bond donors (Lipinski definition) is 0. The van der Waals surface area contributed by atoms with E-state index >= 15 is 0 Å². The first-order valence-corrected chi connectivity index (χ1v) is 6.10. The first kappa shape index (κ1) is 13.8. The molecule has 0 rings (SSSR count).